The maximum absolute atomic E-state index is 2.39. The van der Waals surface area contributed by atoms with Gasteiger partial charge in [0, 0.05) is 0 Å². The Morgan fingerprint density at radius 3 is 0.900 bits per heavy atom. The van der Waals surface area contributed by atoms with Gasteiger partial charge in [0.05, 0.1) is 0 Å². The fourth-order valence-corrected chi connectivity index (χ4v) is 10.1. The van der Waals surface area contributed by atoms with Crippen LogP contribution >= 0.6 is 0 Å². The Hall–Kier alpha value is 1.09. The fourth-order valence-electron chi connectivity index (χ4n) is 0.375. The Balaban J connectivity index is 4.19. The second kappa shape index (κ2) is 3.66. The van der Waals surface area contributed by atoms with Crippen LogP contribution in [0, 0.1) is 0 Å². The van der Waals surface area contributed by atoms with E-state index in [4.69, 9.17) is 0 Å². The van der Waals surface area contributed by atoms with Crippen LogP contribution in [0.5, 0.6) is 0 Å². The fraction of sp³-hybridized carbons (Fsp3) is 1.00. The van der Waals surface area contributed by atoms with Crippen molar-refractivity contribution in [1.82, 2.24) is 0 Å². The SMILES string of the molecule is C[C](C)(C)[Ge]#[Ge][C](C)(C)C. The molecule has 0 aliphatic heterocycles. The van der Waals surface area contributed by atoms with Gasteiger partial charge in [0.15, 0.2) is 0 Å². The summed E-state index contributed by atoms with van der Waals surface area (Å²) in [6.45, 7) is 14.3. The predicted molar refractivity (Wildman–Crippen MR) is 50.9 cm³/mol. The second-order valence-corrected chi connectivity index (χ2v) is 17.5. The molecule has 0 aromatic carbocycles. The molecule has 0 heterocycles. The first kappa shape index (κ1) is 11.1. The van der Waals surface area contributed by atoms with Crippen LogP contribution in [0.25, 0.3) is 0 Å². The third-order valence-electron chi connectivity index (χ3n) is 0.812. The normalized spacial score (nSPS) is 12.2. The average Bonchev–Trinajstić information content (AvgIpc) is 1.57. The first-order valence-corrected chi connectivity index (χ1v) is 12.3. The van der Waals surface area contributed by atoms with Crippen LogP contribution in [0.4, 0.5) is 0 Å². The molecule has 2 heteroatoms. The summed E-state index contributed by atoms with van der Waals surface area (Å²) in [4.78, 5) is 0. The third kappa shape index (κ3) is 9.09. The number of hydrogen-bond donors (Lipinski definition) is 0. The Bertz CT molecular complexity index is 140. The Labute approximate surface area is 75.3 Å². The summed E-state index contributed by atoms with van der Waals surface area (Å²) < 4.78 is 1.38. The molecule has 0 aliphatic rings. The number of hydrogen-bond acceptors (Lipinski definition) is 0. The third-order valence-corrected chi connectivity index (χ3v) is 21.9. The van der Waals surface area contributed by atoms with Crippen molar-refractivity contribution in [2.75, 3.05) is 0 Å². The second-order valence-electron chi connectivity index (χ2n) is 4.75. The van der Waals surface area contributed by atoms with E-state index in [0.29, 0.717) is 33.8 Å². The summed E-state index contributed by atoms with van der Waals surface area (Å²) in [7, 11) is 0. The summed E-state index contributed by atoms with van der Waals surface area (Å²) in [5.41, 5.74) is 0. The van der Waals surface area contributed by atoms with Crippen molar-refractivity contribution in [3.63, 3.8) is 0 Å². The molecule has 0 bridgehead atoms. The molecule has 10 heavy (non-hydrogen) atoms. The van der Waals surface area contributed by atoms with Gasteiger partial charge in [-0.25, -0.2) is 0 Å². The molecule has 0 N–H and O–H groups in total. The van der Waals surface area contributed by atoms with Gasteiger partial charge >= 0.3 is 75.4 Å². The predicted octanol–water partition coefficient (Wildman–Crippen LogP) is 2.75. The van der Waals surface area contributed by atoms with Crippen LogP contribution in [0.2, 0.25) is 8.49 Å². The Morgan fingerprint density at radius 2 is 0.800 bits per heavy atom. The van der Waals surface area contributed by atoms with Gasteiger partial charge in [-0.3, -0.25) is 0 Å². The van der Waals surface area contributed by atoms with Crippen molar-refractivity contribution in [2.45, 2.75) is 50.0 Å². The van der Waals surface area contributed by atoms with Gasteiger partial charge in [0.1, 0.15) is 0 Å². The molecule has 0 aromatic heterocycles. The zero-order valence-electron chi connectivity index (χ0n) is 8.00. The van der Waals surface area contributed by atoms with Gasteiger partial charge in [-0.05, 0) is 0 Å². The van der Waals surface area contributed by atoms with Gasteiger partial charge < -0.3 is 0 Å². The molecular formula is C8H18Ge2. The first-order chi connectivity index (χ1) is 4.21. The molecule has 0 radical (unpaired) electrons. The summed E-state index contributed by atoms with van der Waals surface area (Å²) in [5.74, 6) is 0. The summed E-state index contributed by atoms with van der Waals surface area (Å²) in [6, 6.07) is 0. The molecule has 0 rings (SSSR count). The van der Waals surface area contributed by atoms with Crippen LogP contribution in [-0.2, 0) is 0 Å². The summed E-state index contributed by atoms with van der Waals surface area (Å²) in [5, 5.41) is 0. The van der Waals surface area contributed by atoms with E-state index < -0.39 is 0 Å². The van der Waals surface area contributed by atoms with Crippen LogP contribution in [-0.4, -0.2) is 25.3 Å². The van der Waals surface area contributed by atoms with Crippen molar-refractivity contribution in [2.24, 2.45) is 0 Å². The van der Waals surface area contributed by atoms with Crippen molar-refractivity contribution in [3.05, 3.63) is 0 Å². The van der Waals surface area contributed by atoms with Gasteiger partial charge in [-0.15, -0.1) is 0 Å². The zero-order chi connectivity index (χ0) is 8.41. The van der Waals surface area contributed by atoms with Gasteiger partial charge in [-0.2, -0.15) is 0 Å². The molecule has 0 saturated heterocycles. The molecule has 0 nitrogen and oxygen atoms in total. The summed E-state index contributed by atoms with van der Waals surface area (Å²) >= 11 is 0.778. The molecule has 0 atom stereocenters. The van der Waals surface area contributed by atoms with E-state index in [9.17, 15) is 0 Å². The van der Waals surface area contributed by atoms with Crippen LogP contribution in [0.15, 0.2) is 0 Å². The van der Waals surface area contributed by atoms with E-state index in [1.807, 2.05) is 0 Å². The van der Waals surface area contributed by atoms with Crippen LogP contribution < -0.4 is 0 Å². The van der Waals surface area contributed by atoms with Crippen LogP contribution in [0.1, 0.15) is 41.5 Å². The van der Waals surface area contributed by atoms with Gasteiger partial charge in [-0.1, -0.05) is 0 Å². The van der Waals surface area contributed by atoms with E-state index in [-0.39, 0.29) is 0 Å². The molecular weight excluding hydrogens is 241 g/mol. The molecule has 0 aromatic rings. The van der Waals surface area contributed by atoms with Crippen LogP contribution in [0.3, 0.4) is 0 Å². The van der Waals surface area contributed by atoms with Crippen molar-refractivity contribution in [3.8, 4) is 0 Å². The Morgan fingerprint density at radius 1 is 0.600 bits per heavy atom. The van der Waals surface area contributed by atoms with E-state index in [0.717, 1.165) is 0 Å². The maximum atomic E-state index is 2.39. The summed E-state index contributed by atoms with van der Waals surface area (Å²) in [6.07, 6.45) is 0. The van der Waals surface area contributed by atoms with E-state index >= 15 is 0 Å². The first-order valence-electron chi connectivity index (χ1n) is 3.75. The molecule has 0 spiro atoms. The van der Waals surface area contributed by atoms with Crippen molar-refractivity contribution in [1.29, 1.82) is 0 Å². The molecule has 0 unspecified atom stereocenters. The van der Waals surface area contributed by atoms with Crippen molar-refractivity contribution < 1.29 is 0 Å². The van der Waals surface area contributed by atoms with E-state index in [1.54, 1.807) is 0 Å². The van der Waals surface area contributed by atoms with Crippen molar-refractivity contribution >= 4 is 25.3 Å². The number of rotatable bonds is 0. The standard InChI is InChI=1S/C8H18Ge2/c1-7(2,3)9-10-8(4,5)6/h1-6H3. The van der Waals surface area contributed by atoms with Gasteiger partial charge in [0.2, 0.25) is 0 Å². The Kier molecular flexibility index (Phi) is 4.06. The minimum absolute atomic E-state index is 0.389. The quantitative estimate of drug-likeness (QED) is 0.587. The van der Waals surface area contributed by atoms with Gasteiger partial charge in [0.25, 0.3) is 0 Å². The molecule has 0 saturated carbocycles. The molecule has 0 amide bonds. The molecule has 58 valence electrons. The topological polar surface area (TPSA) is 0 Å². The van der Waals surface area contributed by atoms with E-state index in [1.165, 1.54) is 0 Å². The zero-order valence-corrected chi connectivity index (χ0v) is 12.2. The monoisotopic (exact) mass is 262 g/mol. The molecule has 0 fully saturated rings. The average molecular weight is 259 g/mol. The molecule has 0 aliphatic carbocycles. The minimum atomic E-state index is 0.389. The van der Waals surface area contributed by atoms with E-state index in [2.05, 4.69) is 41.5 Å².